The standard InChI is InChI=1S/C15H17BrN2O2/c1-18(2)12(11-6-4-3-5-7-11)10-17-15(19)13-8-9-14(16)20-13/h3-9,12H,10H2,1-2H3,(H,17,19)/t12-/m1/s1. The Morgan fingerprint density at radius 1 is 1.25 bits per heavy atom. The number of nitrogens with one attached hydrogen (secondary N) is 1. The van der Waals surface area contributed by atoms with Crippen LogP contribution in [0.3, 0.4) is 0 Å². The molecule has 0 bridgehead atoms. The SMILES string of the molecule is CN(C)[C@H](CNC(=O)c1ccc(Br)o1)c1ccccc1. The van der Waals surface area contributed by atoms with E-state index in [1.807, 2.05) is 32.3 Å². The maximum atomic E-state index is 12.0. The van der Waals surface area contributed by atoms with Crippen molar-refractivity contribution >= 4 is 21.8 Å². The summed E-state index contributed by atoms with van der Waals surface area (Å²) in [4.78, 5) is 14.0. The summed E-state index contributed by atoms with van der Waals surface area (Å²) in [6.45, 7) is 0.522. The Hall–Kier alpha value is -1.59. The number of carbonyl (C=O) groups is 1. The van der Waals surface area contributed by atoms with E-state index in [1.165, 1.54) is 5.56 Å². The van der Waals surface area contributed by atoms with Crippen LogP contribution < -0.4 is 5.32 Å². The summed E-state index contributed by atoms with van der Waals surface area (Å²) in [5, 5.41) is 2.90. The Morgan fingerprint density at radius 2 is 1.95 bits per heavy atom. The number of amides is 1. The van der Waals surface area contributed by atoms with Gasteiger partial charge in [-0.1, -0.05) is 30.3 Å². The first-order valence-corrected chi connectivity index (χ1v) is 7.12. The number of likely N-dealkylation sites (N-methyl/N-ethyl adjacent to an activating group) is 1. The molecule has 0 fully saturated rings. The van der Waals surface area contributed by atoms with Gasteiger partial charge in [-0.3, -0.25) is 4.79 Å². The molecule has 2 rings (SSSR count). The molecule has 5 heteroatoms. The van der Waals surface area contributed by atoms with Gasteiger partial charge in [0, 0.05) is 6.54 Å². The van der Waals surface area contributed by atoms with Gasteiger partial charge < -0.3 is 14.6 Å². The zero-order valence-corrected chi connectivity index (χ0v) is 13.1. The van der Waals surface area contributed by atoms with E-state index in [2.05, 4.69) is 38.3 Å². The van der Waals surface area contributed by atoms with E-state index in [-0.39, 0.29) is 11.9 Å². The number of halogens is 1. The first-order valence-electron chi connectivity index (χ1n) is 6.33. The van der Waals surface area contributed by atoms with Gasteiger partial charge in [-0.2, -0.15) is 0 Å². The predicted octanol–water partition coefficient (Wildman–Crippen LogP) is 3.07. The van der Waals surface area contributed by atoms with E-state index in [0.717, 1.165) is 0 Å². The monoisotopic (exact) mass is 336 g/mol. The minimum atomic E-state index is -0.210. The van der Waals surface area contributed by atoms with E-state index in [4.69, 9.17) is 4.42 Å². The smallest absolute Gasteiger partial charge is 0.287 e. The zero-order valence-electron chi connectivity index (χ0n) is 11.5. The average Bonchev–Trinajstić information content (AvgIpc) is 2.86. The third-order valence-electron chi connectivity index (χ3n) is 3.06. The molecule has 0 aliphatic rings. The molecule has 0 radical (unpaired) electrons. The van der Waals surface area contributed by atoms with Crippen LogP contribution in [-0.4, -0.2) is 31.4 Å². The van der Waals surface area contributed by atoms with E-state index in [0.29, 0.717) is 17.0 Å². The fraction of sp³-hybridized carbons (Fsp3) is 0.267. The fourth-order valence-electron chi connectivity index (χ4n) is 1.99. The maximum Gasteiger partial charge on any atom is 0.287 e. The molecule has 0 aliphatic heterocycles. The lowest BCUT2D eigenvalue weighted by molar-refractivity contribution is 0.0913. The van der Waals surface area contributed by atoms with Crippen molar-refractivity contribution in [3.63, 3.8) is 0 Å². The second kappa shape index (κ2) is 6.72. The minimum absolute atomic E-state index is 0.124. The van der Waals surface area contributed by atoms with Gasteiger partial charge in [-0.25, -0.2) is 0 Å². The van der Waals surface area contributed by atoms with Crippen LogP contribution in [0.5, 0.6) is 0 Å². The lowest BCUT2D eigenvalue weighted by atomic mass is 10.1. The number of nitrogens with zero attached hydrogens (tertiary/aromatic N) is 1. The molecule has 1 aromatic carbocycles. The molecule has 0 spiro atoms. The van der Waals surface area contributed by atoms with Crippen molar-refractivity contribution in [2.45, 2.75) is 6.04 Å². The molecule has 4 nitrogen and oxygen atoms in total. The second-order valence-corrected chi connectivity index (χ2v) is 5.49. The van der Waals surface area contributed by atoms with Crippen LogP contribution in [0.25, 0.3) is 0 Å². The first-order chi connectivity index (χ1) is 9.58. The van der Waals surface area contributed by atoms with Crippen molar-refractivity contribution < 1.29 is 9.21 Å². The quantitative estimate of drug-likeness (QED) is 0.912. The molecule has 106 valence electrons. The van der Waals surface area contributed by atoms with E-state index >= 15 is 0 Å². The van der Waals surface area contributed by atoms with Gasteiger partial charge in [0.2, 0.25) is 0 Å². The number of furan rings is 1. The van der Waals surface area contributed by atoms with E-state index in [1.54, 1.807) is 12.1 Å². The molecule has 0 saturated carbocycles. The van der Waals surface area contributed by atoms with Crippen LogP contribution in [0.2, 0.25) is 0 Å². The predicted molar refractivity (Wildman–Crippen MR) is 81.6 cm³/mol. The van der Waals surface area contributed by atoms with Crippen molar-refractivity contribution in [1.29, 1.82) is 0 Å². The zero-order chi connectivity index (χ0) is 14.5. The molecule has 0 aliphatic carbocycles. The molecule has 1 N–H and O–H groups in total. The Balaban J connectivity index is 2.01. The number of carbonyl (C=O) groups excluding carboxylic acids is 1. The van der Waals surface area contributed by atoms with Gasteiger partial charge in [0.15, 0.2) is 10.4 Å². The average molecular weight is 337 g/mol. The van der Waals surface area contributed by atoms with E-state index in [9.17, 15) is 4.79 Å². The summed E-state index contributed by atoms with van der Waals surface area (Å²) in [5.41, 5.74) is 1.17. The molecule has 20 heavy (non-hydrogen) atoms. The van der Waals surface area contributed by atoms with Crippen molar-refractivity contribution in [1.82, 2.24) is 10.2 Å². The van der Waals surface area contributed by atoms with Gasteiger partial charge in [-0.05, 0) is 47.7 Å². The van der Waals surface area contributed by atoms with Gasteiger partial charge in [0.05, 0.1) is 6.04 Å². The molecule has 1 aromatic heterocycles. The normalized spacial score (nSPS) is 12.4. The van der Waals surface area contributed by atoms with Crippen molar-refractivity contribution in [2.24, 2.45) is 0 Å². The first kappa shape index (κ1) is 14.8. The van der Waals surface area contributed by atoms with Crippen molar-refractivity contribution in [3.05, 3.63) is 58.5 Å². The van der Waals surface area contributed by atoms with Crippen LogP contribution in [0.4, 0.5) is 0 Å². The van der Waals surface area contributed by atoms with Crippen molar-refractivity contribution in [3.8, 4) is 0 Å². The van der Waals surface area contributed by atoms with Gasteiger partial charge in [0.1, 0.15) is 0 Å². The summed E-state index contributed by atoms with van der Waals surface area (Å²) in [5.74, 6) is 0.0981. The second-order valence-electron chi connectivity index (χ2n) is 4.70. The summed E-state index contributed by atoms with van der Waals surface area (Å²) < 4.78 is 5.79. The highest BCUT2D eigenvalue weighted by Gasteiger charge is 2.16. The van der Waals surface area contributed by atoms with Crippen LogP contribution in [-0.2, 0) is 0 Å². The molecule has 0 unspecified atom stereocenters. The lowest BCUT2D eigenvalue weighted by Gasteiger charge is -2.24. The van der Waals surface area contributed by atoms with E-state index < -0.39 is 0 Å². The number of rotatable bonds is 5. The topological polar surface area (TPSA) is 45.5 Å². The minimum Gasteiger partial charge on any atom is -0.444 e. The lowest BCUT2D eigenvalue weighted by Crippen LogP contribution is -2.34. The van der Waals surface area contributed by atoms with Crippen LogP contribution in [0.1, 0.15) is 22.2 Å². The summed E-state index contributed by atoms with van der Waals surface area (Å²) in [6, 6.07) is 13.6. The molecular formula is C15H17BrN2O2. The van der Waals surface area contributed by atoms with Gasteiger partial charge >= 0.3 is 0 Å². The summed E-state index contributed by atoms with van der Waals surface area (Å²) in [7, 11) is 3.99. The number of benzene rings is 1. The largest absolute Gasteiger partial charge is 0.444 e. The van der Waals surface area contributed by atoms with Crippen LogP contribution >= 0.6 is 15.9 Å². The van der Waals surface area contributed by atoms with Gasteiger partial charge in [0.25, 0.3) is 5.91 Å². The summed E-state index contributed by atoms with van der Waals surface area (Å²) in [6.07, 6.45) is 0. The fourth-order valence-corrected chi connectivity index (χ4v) is 2.29. The number of hydrogen-bond donors (Lipinski definition) is 1. The van der Waals surface area contributed by atoms with Crippen molar-refractivity contribution in [2.75, 3.05) is 20.6 Å². The summed E-state index contributed by atoms with van der Waals surface area (Å²) >= 11 is 3.19. The van der Waals surface area contributed by atoms with Crippen LogP contribution in [0.15, 0.2) is 51.6 Å². The third-order valence-corrected chi connectivity index (χ3v) is 3.49. The molecule has 1 heterocycles. The molecular weight excluding hydrogens is 320 g/mol. The Labute approximate surface area is 126 Å². The molecule has 1 amide bonds. The van der Waals surface area contributed by atoms with Crippen LogP contribution in [0, 0.1) is 0 Å². The molecule has 2 aromatic rings. The Kier molecular flexibility index (Phi) is 4.98. The van der Waals surface area contributed by atoms with Gasteiger partial charge in [-0.15, -0.1) is 0 Å². The highest BCUT2D eigenvalue weighted by atomic mass is 79.9. The maximum absolute atomic E-state index is 12.0. The molecule has 0 saturated heterocycles. The number of hydrogen-bond acceptors (Lipinski definition) is 3. The highest BCUT2D eigenvalue weighted by Crippen LogP contribution is 2.18. The Morgan fingerprint density at radius 3 is 2.50 bits per heavy atom. The molecule has 1 atom stereocenters. The third kappa shape index (κ3) is 3.71. The highest BCUT2D eigenvalue weighted by molar-refractivity contribution is 9.10. The Bertz CT molecular complexity index is 566.